The summed E-state index contributed by atoms with van der Waals surface area (Å²) in [5.41, 5.74) is 1.01. The lowest BCUT2D eigenvalue weighted by Crippen LogP contribution is -2.56. The number of rotatable bonds is 2. The second-order valence-electron chi connectivity index (χ2n) is 5.13. The summed E-state index contributed by atoms with van der Waals surface area (Å²) in [6, 6.07) is 9.15. The molecule has 5 nitrogen and oxygen atoms in total. The molecule has 100 valence electrons. The highest BCUT2D eigenvalue weighted by atomic mass is 16.3. The lowest BCUT2D eigenvalue weighted by atomic mass is 10.1. The van der Waals surface area contributed by atoms with Crippen LogP contribution in [-0.4, -0.2) is 52.0 Å². The number of nitrogens with zero attached hydrogens (tertiary/aromatic N) is 2. The van der Waals surface area contributed by atoms with Crippen LogP contribution < -0.4 is 0 Å². The van der Waals surface area contributed by atoms with Crippen molar-refractivity contribution in [2.75, 3.05) is 13.1 Å². The Labute approximate surface area is 111 Å². The van der Waals surface area contributed by atoms with E-state index in [1.165, 1.54) is 4.90 Å². The number of aliphatic hydroxyl groups excluding tert-OH is 1. The Morgan fingerprint density at radius 1 is 1.21 bits per heavy atom. The molecule has 0 aliphatic carbocycles. The maximum absolute atomic E-state index is 12.3. The number of carbonyl (C=O) groups excluding carboxylic acids is 2. The maximum Gasteiger partial charge on any atom is 0.246 e. The zero-order chi connectivity index (χ0) is 13.4. The minimum atomic E-state index is -0.574. The molecule has 2 aliphatic rings. The maximum atomic E-state index is 12.3. The highest BCUT2D eigenvalue weighted by Gasteiger charge is 2.44. The van der Waals surface area contributed by atoms with Crippen molar-refractivity contribution in [1.29, 1.82) is 0 Å². The van der Waals surface area contributed by atoms with Gasteiger partial charge >= 0.3 is 0 Å². The molecule has 0 saturated carbocycles. The van der Waals surface area contributed by atoms with Crippen LogP contribution in [0.25, 0.3) is 0 Å². The fraction of sp³-hybridized carbons (Fsp3) is 0.429. The standard InChI is InChI=1S/C14H16N2O3/c17-11-6-12-14(19)15(9-13(18)16(12)8-11)7-10-4-2-1-3-5-10/h1-5,11-12,17H,6-9H2/t11-,12-/m0/s1. The van der Waals surface area contributed by atoms with Gasteiger partial charge in [-0.2, -0.15) is 0 Å². The number of piperazine rings is 1. The summed E-state index contributed by atoms with van der Waals surface area (Å²) in [6.45, 7) is 0.844. The normalized spacial score (nSPS) is 26.8. The average molecular weight is 260 g/mol. The molecule has 0 unspecified atom stereocenters. The zero-order valence-electron chi connectivity index (χ0n) is 10.5. The smallest absolute Gasteiger partial charge is 0.246 e. The van der Waals surface area contributed by atoms with Crippen LogP contribution in [0.3, 0.4) is 0 Å². The molecule has 2 amide bonds. The molecule has 2 saturated heterocycles. The first-order chi connectivity index (χ1) is 9.15. The van der Waals surface area contributed by atoms with E-state index in [0.29, 0.717) is 13.0 Å². The van der Waals surface area contributed by atoms with Crippen molar-refractivity contribution in [3.05, 3.63) is 35.9 Å². The Hall–Kier alpha value is -1.88. The molecular formula is C14H16N2O3. The average Bonchev–Trinajstić information content (AvgIpc) is 2.80. The predicted molar refractivity (Wildman–Crippen MR) is 68.0 cm³/mol. The number of aliphatic hydroxyl groups is 1. The molecular weight excluding hydrogens is 244 g/mol. The van der Waals surface area contributed by atoms with Gasteiger partial charge in [0.25, 0.3) is 0 Å². The van der Waals surface area contributed by atoms with Crippen LogP contribution >= 0.6 is 0 Å². The van der Waals surface area contributed by atoms with Gasteiger partial charge in [-0.3, -0.25) is 9.59 Å². The van der Waals surface area contributed by atoms with Crippen LogP contribution in [0, 0.1) is 0 Å². The second-order valence-corrected chi connectivity index (χ2v) is 5.13. The topological polar surface area (TPSA) is 60.9 Å². The first-order valence-corrected chi connectivity index (χ1v) is 6.45. The van der Waals surface area contributed by atoms with Gasteiger partial charge in [0.15, 0.2) is 0 Å². The Bertz CT molecular complexity index is 503. The van der Waals surface area contributed by atoms with Crippen molar-refractivity contribution in [1.82, 2.24) is 9.80 Å². The zero-order valence-corrected chi connectivity index (χ0v) is 10.5. The third-order valence-electron chi connectivity index (χ3n) is 3.74. The van der Waals surface area contributed by atoms with Crippen LogP contribution in [0.4, 0.5) is 0 Å². The molecule has 0 radical (unpaired) electrons. The van der Waals surface area contributed by atoms with E-state index in [1.54, 1.807) is 4.90 Å². The Morgan fingerprint density at radius 3 is 2.68 bits per heavy atom. The van der Waals surface area contributed by atoms with E-state index in [0.717, 1.165) is 5.56 Å². The summed E-state index contributed by atoms with van der Waals surface area (Å²) in [5, 5.41) is 9.61. The fourth-order valence-electron chi connectivity index (χ4n) is 2.80. The highest BCUT2D eigenvalue weighted by Crippen LogP contribution is 2.25. The Balaban J connectivity index is 1.77. The van der Waals surface area contributed by atoms with E-state index in [4.69, 9.17) is 0 Å². The van der Waals surface area contributed by atoms with Crippen molar-refractivity contribution >= 4 is 11.8 Å². The summed E-state index contributed by atoms with van der Waals surface area (Å²) < 4.78 is 0. The van der Waals surface area contributed by atoms with Crippen LogP contribution in [0.1, 0.15) is 12.0 Å². The summed E-state index contributed by atoms with van der Waals surface area (Å²) >= 11 is 0. The van der Waals surface area contributed by atoms with Crippen LogP contribution in [0.15, 0.2) is 30.3 Å². The predicted octanol–water partition coefficient (Wildman–Crippen LogP) is -0.00940. The third-order valence-corrected chi connectivity index (χ3v) is 3.74. The van der Waals surface area contributed by atoms with Gasteiger partial charge in [0.2, 0.25) is 11.8 Å². The van der Waals surface area contributed by atoms with E-state index in [1.807, 2.05) is 30.3 Å². The van der Waals surface area contributed by atoms with E-state index < -0.39 is 12.1 Å². The third kappa shape index (κ3) is 2.21. The molecule has 0 bridgehead atoms. The fourth-order valence-corrected chi connectivity index (χ4v) is 2.80. The van der Waals surface area contributed by atoms with E-state index in [2.05, 4.69) is 0 Å². The molecule has 0 aromatic heterocycles. The van der Waals surface area contributed by atoms with Crippen molar-refractivity contribution < 1.29 is 14.7 Å². The number of fused-ring (bicyclic) bond motifs is 1. The molecule has 1 N–H and O–H groups in total. The molecule has 3 rings (SSSR count). The van der Waals surface area contributed by atoms with Gasteiger partial charge in [-0.05, 0) is 5.56 Å². The molecule has 19 heavy (non-hydrogen) atoms. The largest absolute Gasteiger partial charge is 0.391 e. The van der Waals surface area contributed by atoms with Gasteiger partial charge in [0.1, 0.15) is 12.6 Å². The van der Waals surface area contributed by atoms with Crippen molar-refractivity contribution in [3.63, 3.8) is 0 Å². The van der Waals surface area contributed by atoms with Crippen LogP contribution in [0.5, 0.6) is 0 Å². The quantitative estimate of drug-likeness (QED) is 0.813. The van der Waals surface area contributed by atoms with Crippen molar-refractivity contribution in [2.24, 2.45) is 0 Å². The summed E-state index contributed by atoms with van der Waals surface area (Å²) in [6.07, 6.45) is -0.217. The van der Waals surface area contributed by atoms with Gasteiger partial charge in [0.05, 0.1) is 6.10 Å². The number of carbonyl (C=O) groups is 2. The summed E-state index contributed by atoms with van der Waals surface area (Å²) in [7, 11) is 0. The molecule has 0 spiro atoms. The van der Waals surface area contributed by atoms with Gasteiger partial charge in [0, 0.05) is 19.5 Å². The van der Waals surface area contributed by atoms with Crippen molar-refractivity contribution in [3.8, 4) is 0 Å². The van der Waals surface area contributed by atoms with Gasteiger partial charge in [-0.1, -0.05) is 30.3 Å². The summed E-state index contributed by atoms with van der Waals surface area (Å²) in [5.74, 6) is -0.128. The molecule has 5 heteroatoms. The highest BCUT2D eigenvalue weighted by molar-refractivity contribution is 5.95. The number of amides is 2. The van der Waals surface area contributed by atoms with E-state index >= 15 is 0 Å². The Morgan fingerprint density at radius 2 is 1.95 bits per heavy atom. The molecule has 1 aromatic rings. The second kappa shape index (κ2) is 4.66. The van der Waals surface area contributed by atoms with E-state index in [-0.39, 0.29) is 24.9 Å². The Kier molecular flexibility index (Phi) is 2.98. The SMILES string of the molecule is O=C1[C@@H]2C[C@H](O)CN2C(=O)CN1Cc1ccccc1. The van der Waals surface area contributed by atoms with Crippen molar-refractivity contribution in [2.45, 2.75) is 25.1 Å². The first kappa shape index (κ1) is 12.2. The van der Waals surface area contributed by atoms with Crippen LogP contribution in [-0.2, 0) is 16.1 Å². The molecule has 2 aliphatic heterocycles. The molecule has 2 fully saturated rings. The number of benzene rings is 1. The molecule has 2 atom stereocenters. The lowest BCUT2D eigenvalue weighted by molar-refractivity contribution is -0.154. The molecule has 1 aromatic carbocycles. The van der Waals surface area contributed by atoms with Gasteiger partial charge in [-0.25, -0.2) is 0 Å². The minimum absolute atomic E-state index is 0.0556. The number of hydrogen-bond acceptors (Lipinski definition) is 3. The molecule has 2 heterocycles. The first-order valence-electron chi connectivity index (χ1n) is 6.45. The van der Waals surface area contributed by atoms with Gasteiger partial charge in [-0.15, -0.1) is 0 Å². The van der Waals surface area contributed by atoms with E-state index in [9.17, 15) is 14.7 Å². The van der Waals surface area contributed by atoms with Gasteiger partial charge < -0.3 is 14.9 Å². The minimum Gasteiger partial charge on any atom is -0.391 e. The van der Waals surface area contributed by atoms with Crippen LogP contribution in [0.2, 0.25) is 0 Å². The lowest BCUT2D eigenvalue weighted by Gasteiger charge is -2.36. The number of hydrogen-bond donors (Lipinski definition) is 1. The summed E-state index contributed by atoms with van der Waals surface area (Å²) in [4.78, 5) is 27.4. The monoisotopic (exact) mass is 260 g/mol.